The number of aryl methyl sites for hydroxylation is 1. The van der Waals surface area contributed by atoms with Gasteiger partial charge in [-0.05, 0) is 23.8 Å². The molecule has 0 saturated heterocycles. The maximum Gasteiger partial charge on any atom is 0.224 e. The van der Waals surface area contributed by atoms with Gasteiger partial charge in [0.05, 0.1) is 0 Å². The van der Waals surface area contributed by atoms with E-state index in [0.29, 0.717) is 16.9 Å². The molecule has 8 nitrogen and oxygen atoms in total. The molecule has 1 aliphatic rings. The van der Waals surface area contributed by atoms with Crippen molar-refractivity contribution in [2.45, 2.75) is 6.61 Å². The van der Waals surface area contributed by atoms with Crippen LogP contribution in [0.3, 0.4) is 0 Å². The average molecular weight is 393 g/mol. The highest BCUT2D eigenvalue weighted by molar-refractivity contribution is 5.87. The molecule has 0 bridgehead atoms. The quantitative estimate of drug-likeness (QED) is 0.519. The van der Waals surface area contributed by atoms with E-state index >= 15 is 0 Å². The molecule has 3 aromatic heterocycles. The van der Waals surface area contributed by atoms with Crippen molar-refractivity contribution in [2.24, 2.45) is 7.05 Å². The smallest absolute Gasteiger partial charge is 0.224 e. The Balaban J connectivity index is 1.63. The Hall–Kier alpha value is -3.95. The van der Waals surface area contributed by atoms with Gasteiger partial charge in [-0.25, -0.2) is 13.8 Å². The lowest BCUT2D eigenvalue weighted by Gasteiger charge is -2.14. The highest BCUT2D eigenvalue weighted by atomic mass is 19.1. The maximum absolute atomic E-state index is 14.3. The van der Waals surface area contributed by atoms with Crippen LogP contribution in [0.1, 0.15) is 11.4 Å². The van der Waals surface area contributed by atoms with Gasteiger partial charge in [0.25, 0.3) is 0 Å². The highest BCUT2D eigenvalue weighted by Crippen LogP contribution is 2.33. The van der Waals surface area contributed by atoms with Crippen LogP contribution in [0.2, 0.25) is 0 Å². The van der Waals surface area contributed by atoms with E-state index in [1.165, 1.54) is 12.4 Å². The van der Waals surface area contributed by atoms with Crippen LogP contribution in [0, 0.1) is 11.6 Å². The molecule has 0 N–H and O–H groups in total. The van der Waals surface area contributed by atoms with Crippen LogP contribution in [0.4, 0.5) is 8.78 Å². The molecule has 0 aliphatic heterocycles. The molecule has 0 saturated carbocycles. The molecule has 0 amide bonds. The van der Waals surface area contributed by atoms with Crippen LogP contribution >= 0.6 is 0 Å². The third kappa shape index (κ3) is 2.85. The zero-order valence-corrected chi connectivity index (χ0v) is 15.1. The van der Waals surface area contributed by atoms with E-state index in [1.807, 2.05) is 18.2 Å². The predicted molar refractivity (Wildman–Crippen MR) is 99.0 cm³/mol. The molecule has 0 unspecified atom stereocenters. The van der Waals surface area contributed by atoms with Crippen molar-refractivity contribution in [2.75, 3.05) is 0 Å². The van der Waals surface area contributed by atoms with Gasteiger partial charge in [-0.15, -0.1) is 5.10 Å². The van der Waals surface area contributed by atoms with Crippen molar-refractivity contribution in [3.8, 4) is 11.6 Å². The molecule has 0 radical (unpaired) electrons. The van der Waals surface area contributed by atoms with Crippen LogP contribution in [-0.4, -0.2) is 34.7 Å². The number of hydrogen-bond acceptors (Lipinski definition) is 6. The number of allylic oxidation sites excluding steroid dienone is 4. The van der Waals surface area contributed by atoms with Crippen LogP contribution in [0.5, 0.6) is 5.88 Å². The minimum Gasteiger partial charge on any atom is -0.469 e. The summed E-state index contributed by atoms with van der Waals surface area (Å²) in [7, 11) is 1.75. The molecule has 0 fully saturated rings. The Morgan fingerprint density at radius 2 is 1.97 bits per heavy atom. The lowest BCUT2D eigenvalue weighted by Crippen LogP contribution is -2.08. The Labute approximate surface area is 162 Å². The van der Waals surface area contributed by atoms with Crippen molar-refractivity contribution in [1.82, 2.24) is 34.7 Å². The normalized spacial score (nSPS) is 12.9. The van der Waals surface area contributed by atoms with E-state index in [0.717, 1.165) is 22.4 Å². The van der Waals surface area contributed by atoms with Crippen molar-refractivity contribution in [1.29, 1.82) is 0 Å². The number of halogens is 2. The first kappa shape index (κ1) is 17.2. The SMILES string of the molecule is Cn1ncnc1COc1nc2c(cc1C1=CC=C1)nnn2-c1c(F)cccc1F. The number of ether oxygens (including phenoxy) is 1. The first-order valence-electron chi connectivity index (χ1n) is 8.67. The van der Waals surface area contributed by atoms with Gasteiger partial charge in [0.2, 0.25) is 5.88 Å². The number of para-hydroxylation sites is 1. The molecule has 144 valence electrons. The highest BCUT2D eigenvalue weighted by Gasteiger charge is 2.21. The summed E-state index contributed by atoms with van der Waals surface area (Å²) in [5.74, 6) is -0.665. The Morgan fingerprint density at radius 3 is 2.62 bits per heavy atom. The molecule has 0 atom stereocenters. The summed E-state index contributed by atoms with van der Waals surface area (Å²) in [6.45, 7) is 0.120. The van der Waals surface area contributed by atoms with Crippen LogP contribution in [0.25, 0.3) is 22.4 Å². The zero-order valence-electron chi connectivity index (χ0n) is 15.1. The molecule has 1 aromatic carbocycles. The van der Waals surface area contributed by atoms with E-state index in [4.69, 9.17) is 4.74 Å². The van der Waals surface area contributed by atoms with Crippen LogP contribution in [0.15, 0.2) is 48.8 Å². The van der Waals surface area contributed by atoms with Gasteiger partial charge in [0.15, 0.2) is 23.1 Å². The van der Waals surface area contributed by atoms with Gasteiger partial charge in [-0.2, -0.15) is 14.8 Å². The molecular formula is C19H13F2N7O. The maximum atomic E-state index is 14.3. The van der Waals surface area contributed by atoms with Crippen molar-refractivity contribution in [3.05, 3.63) is 71.8 Å². The van der Waals surface area contributed by atoms with E-state index in [9.17, 15) is 8.78 Å². The molecule has 5 rings (SSSR count). The number of fused-ring (bicyclic) bond motifs is 1. The van der Waals surface area contributed by atoms with Gasteiger partial charge >= 0.3 is 0 Å². The summed E-state index contributed by atoms with van der Waals surface area (Å²) >= 11 is 0. The minimum absolute atomic E-state index is 0.120. The summed E-state index contributed by atoms with van der Waals surface area (Å²) in [5, 5.41) is 11.9. The van der Waals surface area contributed by atoms with E-state index < -0.39 is 11.6 Å². The molecule has 0 spiro atoms. The lowest BCUT2D eigenvalue weighted by molar-refractivity contribution is 0.278. The van der Waals surface area contributed by atoms with E-state index in [2.05, 4.69) is 25.4 Å². The number of benzene rings is 1. The summed E-state index contributed by atoms with van der Waals surface area (Å²) < 4.78 is 37.0. The Kier molecular flexibility index (Phi) is 3.90. The van der Waals surface area contributed by atoms with Gasteiger partial charge in [0, 0.05) is 12.6 Å². The number of pyridine rings is 1. The summed E-state index contributed by atoms with van der Waals surface area (Å²) in [6, 6.07) is 5.31. The Bertz CT molecular complexity index is 1290. The second-order valence-corrected chi connectivity index (χ2v) is 6.33. The second kappa shape index (κ2) is 6.59. The van der Waals surface area contributed by atoms with Gasteiger partial charge < -0.3 is 4.74 Å². The fraction of sp³-hybridized carbons (Fsp3) is 0.105. The molecular weight excluding hydrogens is 380 g/mol. The number of nitrogens with zero attached hydrogens (tertiary/aromatic N) is 7. The standard InChI is InChI=1S/C19H13F2N7O/c1-27-16(22-10-23-27)9-29-19-12(11-4-2-5-11)8-15-18(24-19)28(26-25-15)17-13(20)6-3-7-14(17)21/h2-8,10H,9H2,1H3. The second-order valence-electron chi connectivity index (χ2n) is 6.33. The molecule has 29 heavy (non-hydrogen) atoms. The molecule has 4 aromatic rings. The number of hydrogen-bond donors (Lipinski definition) is 0. The fourth-order valence-corrected chi connectivity index (χ4v) is 2.96. The predicted octanol–water partition coefficient (Wildman–Crippen LogP) is 2.75. The largest absolute Gasteiger partial charge is 0.469 e. The summed E-state index contributed by atoms with van der Waals surface area (Å²) in [6.07, 6.45) is 7.11. The third-order valence-corrected chi connectivity index (χ3v) is 4.55. The average Bonchev–Trinajstić information content (AvgIpc) is 3.24. The third-order valence-electron chi connectivity index (χ3n) is 4.55. The van der Waals surface area contributed by atoms with Crippen LogP contribution in [-0.2, 0) is 13.7 Å². The summed E-state index contributed by atoms with van der Waals surface area (Å²) in [4.78, 5) is 8.60. The van der Waals surface area contributed by atoms with Crippen molar-refractivity contribution >= 4 is 16.7 Å². The first-order valence-corrected chi connectivity index (χ1v) is 8.67. The molecule has 3 heterocycles. The lowest BCUT2D eigenvalue weighted by atomic mass is 10.0. The van der Waals surface area contributed by atoms with Gasteiger partial charge in [-0.1, -0.05) is 29.5 Å². The van der Waals surface area contributed by atoms with Crippen molar-refractivity contribution in [3.63, 3.8) is 0 Å². The number of aromatic nitrogens is 7. The van der Waals surface area contributed by atoms with Gasteiger partial charge in [-0.3, -0.25) is 4.68 Å². The molecule has 1 aliphatic carbocycles. The van der Waals surface area contributed by atoms with E-state index in [1.54, 1.807) is 17.8 Å². The van der Waals surface area contributed by atoms with E-state index in [-0.39, 0.29) is 23.8 Å². The number of rotatable bonds is 5. The van der Waals surface area contributed by atoms with Crippen LogP contribution < -0.4 is 4.74 Å². The first-order chi connectivity index (χ1) is 14.1. The topological polar surface area (TPSA) is 83.5 Å². The Morgan fingerprint density at radius 1 is 1.17 bits per heavy atom. The fourth-order valence-electron chi connectivity index (χ4n) is 2.96. The minimum atomic E-state index is -0.770. The monoisotopic (exact) mass is 393 g/mol. The summed E-state index contributed by atoms with van der Waals surface area (Å²) in [5.41, 5.74) is 1.81. The van der Waals surface area contributed by atoms with Gasteiger partial charge in [0.1, 0.15) is 24.1 Å². The van der Waals surface area contributed by atoms with Crippen molar-refractivity contribution < 1.29 is 13.5 Å². The molecule has 10 heteroatoms. The zero-order chi connectivity index (χ0) is 20.0.